The van der Waals surface area contributed by atoms with Crippen LogP contribution in [-0.4, -0.2) is 53.3 Å². The molecule has 0 aliphatic heterocycles. The minimum atomic E-state index is -1.29. The van der Waals surface area contributed by atoms with Crippen LogP contribution >= 0.6 is 0 Å². The van der Waals surface area contributed by atoms with Crippen LogP contribution in [0.5, 0.6) is 0 Å². The predicted molar refractivity (Wildman–Crippen MR) is 144 cm³/mol. The molecule has 200 valence electrons. The molecule has 9 nitrogen and oxygen atoms in total. The molecule has 2 aromatic rings. The molecule has 2 atom stereocenters. The smallest absolute Gasteiger partial charge is 0.268 e. The third kappa shape index (κ3) is 11.3. The van der Waals surface area contributed by atoms with Crippen LogP contribution < -0.4 is 21.4 Å². The third-order valence-electron chi connectivity index (χ3n) is 5.32. The van der Waals surface area contributed by atoms with Gasteiger partial charge in [0.2, 0.25) is 5.91 Å². The SMILES string of the molecule is C.CCCCCCNCC(=O)Nc1ccc(C#Cc2ccc(C(=O)N[C@H](C(=O)NO)[C@@H](C)O)cc2)cc1. The second-order valence-corrected chi connectivity index (χ2v) is 8.36. The molecule has 0 aromatic heterocycles. The van der Waals surface area contributed by atoms with Gasteiger partial charge < -0.3 is 21.1 Å². The zero-order chi connectivity index (χ0) is 26.3. The van der Waals surface area contributed by atoms with Crippen LogP contribution in [0.15, 0.2) is 48.5 Å². The Labute approximate surface area is 219 Å². The van der Waals surface area contributed by atoms with Crippen LogP contribution in [0.25, 0.3) is 0 Å². The highest BCUT2D eigenvalue weighted by Crippen LogP contribution is 2.10. The average Bonchev–Trinajstić information content (AvgIpc) is 2.88. The summed E-state index contributed by atoms with van der Waals surface area (Å²) in [6.07, 6.45) is 3.44. The molecule has 0 bridgehead atoms. The van der Waals surface area contributed by atoms with Gasteiger partial charge in [-0.05, 0) is 68.4 Å². The van der Waals surface area contributed by atoms with Crippen LogP contribution in [0.2, 0.25) is 0 Å². The molecule has 0 unspecified atom stereocenters. The van der Waals surface area contributed by atoms with E-state index in [1.165, 1.54) is 31.7 Å². The summed E-state index contributed by atoms with van der Waals surface area (Å²) in [5.41, 5.74) is 3.82. The van der Waals surface area contributed by atoms with Gasteiger partial charge in [-0.1, -0.05) is 45.5 Å². The van der Waals surface area contributed by atoms with Crippen LogP contribution in [-0.2, 0) is 9.59 Å². The fourth-order valence-electron chi connectivity index (χ4n) is 3.27. The number of carbonyl (C=O) groups excluding carboxylic acids is 3. The van der Waals surface area contributed by atoms with Crippen molar-refractivity contribution in [3.63, 3.8) is 0 Å². The van der Waals surface area contributed by atoms with E-state index >= 15 is 0 Å². The van der Waals surface area contributed by atoms with Gasteiger partial charge in [0.1, 0.15) is 6.04 Å². The highest BCUT2D eigenvalue weighted by Gasteiger charge is 2.25. The van der Waals surface area contributed by atoms with Crippen LogP contribution in [0.4, 0.5) is 5.69 Å². The van der Waals surface area contributed by atoms with Gasteiger partial charge in [0.15, 0.2) is 0 Å². The first-order valence-electron chi connectivity index (χ1n) is 12.0. The first-order valence-corrected chi connectivity index (χ1v) is 12.0. The summed E-state index contributed by atoms with van der Waals surface area (Å²) in [5, 5.41) is 26.7. The number of benzene rings is 2. The van der Waals surface area contributed by atoms with E-state index in [2.05, 4.69) is 34.7 Å². The van der Waals surface area contributed by atoms with E-state index in [0.29, 0.717) is 11.3 Å². The summed E-state index contributed by atoms with van der Waals surface area (Å²) in [6, 6.07) is 12.3. The second kappa shape index (κ2) is 16.9. The van der Waals surface area contributed by atoms with Gasteiger partial charge in [0.25, 0.3) is 11.8 Å². The third-order valence-corrected chi connectivity index (χ3v) is 5.32. The van der Waals surface area contributed by atoms with Gasteiger partial charge in [-0.3, -0.25) is 19.6 Å². The van der Waals surface area contributed by atoms with Crippen molar-refractivity contribution in [3.8, 4) is 11.8 Å². The average molecular weight is 511 g/mol. The normalized spacial score (nSPS) is 11.7. The summed E-state index contributed by atoms with van der Waals surface area (Å²) in [4.78, 5) is 35.9. The lowest BCUT2D eigenvalue weighted by molar-refractivity contribution is -0.133. The Kier molecular flexibility index (Phi) is 14.3. The number of hydroxylamine groups is 1. The number of aliphatic hydroxyl groups excluding tert-OH is 1. The summed E-state index contributed by atoms with van der Waals surface area (Å²) in [7, 11) is 0. The predicted octanol–water partition coefficient (Wildman–Crippen LogP) is 2.82. The lowest BCUT2D eigenvalue weighted by Gasteiger charge is -2.19. The molecule has 2 rings (SSSR count). The zero-order valence-electron chi connectivity index (χ0n) is 20.6. The lowest BCUT2D eigenvalue weighted by atomic mass is 10.1. The maximum absolute atomic E-state index is 12.3. The van der Waals surface area contributed by atoms with Gasteiger partial charge in [0, 0.05) is 22.4 Å². The molecule has 0 heterocycles. The minimum absolute atomic E-state index is 0. The number of hydrogen-bond donors (Lipinski definition) is 6. The fourth-order valence-corrected chi connectivity index (χ4v) is 3.27. The molecule has 9 heteroatoms. The van der Waals surface area contributed by atoms with Gasteiger partial charge in [-0.15, -0.1) is 0 Å². The Hall–Kier alpha value is -3.71. The first-order chi connectivity index (χ1) is 17.3. The molecule has 3 amide bonds. The van der Waals surface area contributed by atoms with Crippen molar-refractivity contribution in [1.29, 1.82) is 0 Å². The highest BCUT2D eigenvalue weighted by atomic mass is 16.5. The summed E-state index contributed by atoms with van der Waals surface area (Å²) in [5.74, 6) is 4.45. The lowest BCUT2D eigenvalue weighted by Crippen LogP contribution is -2.51. The molecule has 0 aliphatic carbocycles. The molecule has 0 saturated carbocycles. The van der Waals surface area contributed by atoms with E-state index in [4.69, 9.17) is 5.21 Å². The topological polar surface area (TPSA) is 140 Å². The van der Waals surface area contributed by atoms with Crippen molar-refractivity contribution in [2.75, 3.05) is 18.4 Å². The number of nitrogens with one attached hydrogen (secondary N) is 4. The largest absolute Gasteiger partial charge is 0.391 e. The maximum atomic E-state index is 12.3. The van der Waals surface area contributed by atoms with E-state index in [0.717, 1.165) is 18.5 Å². The van der Waals surface area contributed by atoms with E-state index in [1.54, 1.807) is 36.4 Å². The highest BCUT2D eigenvalue weighted by molar-refractivity contribution is 5.97. The van der Waals surface area contributed by atoms with Crippen LogP contribution in [0.1, 0.15) is 68.4 Å². The second-order valence-electron chi connectivity index (χ2n) is 8.36. The zero-order valence-corrected chi connectivity index (χ0v) is 20.6. The van der Waals surface area contributed by atoms with Crippen molar-refractivity contribution < 1.29 is 24.7 Å². The Balaban J connectivity index is 0.00000684. The van der Waals surface area contributed by atoms with Gasteiger partial charge in [-0.25, -0.2) is 5.48 Å². The monoisotopic (exact) mass is 510 g/mol. The number of carbonyl (C=O) groups is 3. The number of unbranched alkanes of at least 4 members (excludes halogenated alkanes) is 3. The molecule has 37 heavy (non-hydrogen) atoms. The van der Waals surface area contributed by atoms with Gasteiger partial charge >= 0.3 is 0 Å². The van der Waals surface area contributed by atoms with Crippen molar-refractivity contribution in [3.05, 3.63) is 65.2 Å². The van der Waals surface area contributed by atoms with Crippen molar-refractivity contribution in [2.24, 2.45) is 0 Å². The number of aliphatic hydroxyl groups is 1. The number of amides is 3. The van der Waals surface area contributed by atoms with E-state index in [1.807, 2.05) is 12.1 Å². The minimum Gasteiger partial charge on any atom is -0.391 e. The number of anilines is 1. The van der Waals surface area contributed by atoms with Crippen molar-refractivity contribution in [1.82, 2.24) is 16.1 Å². The fraction of sp³-hybridized carbons (Fsp3) is 0.393. The van der Waals surface area contributed by atoms with Crippen molar-refractivity contribution >= 4 is 23.4 Å². The molecule has 0 radical (unpaired) electrons. The van der Waals surface area contributed by atoms with E-state index < -0.39 is 24.0 Å². The Morgan fingerprint density at radius 3 is 2.05 bits per heavy atom. The number of hydrogen-bond acceptors (Lipinski definition) is 6. The molecule has 2 aromatic carbocycles. The van der Waals surface area contributed by atoms with Gasteiger partial charge in [-0.2, -0.15) is 0 Å². The standard InChI is InChI=1S/C27H34N4O5.CH4/c1-3-4-5-6-17-28-18-24(33)29-23-15-11-21(12-16-23)8-7-20-9-13-22(14-10-20)26(34)30-25(19(2)32)27(35)31-36;/h9-16,19,25,28,32,36H,3-6,17-18H2,1-2H3,(H,29,33)(H,30,34)(H,31,35);1H4/t19-,25+;/m1./s1. The van der Waals surface area contributed by atoms with Gasteiger partial charge in [0.05, 0.1) is 12.6 Å². The summed E-state index contributed by atoms with van der Waals surface area (Å²) >= 11 is 0. The van der Waals surface area contributed by atoms with Crippen LogP contribution in [0, 0.1) is 11.8 Å². The molecule has 0 saturated heterocycles. The Morgan fingerprint density at radius 1 is 0.919 bits per heavy atom. The molecular weight excluding hydrogens is 472 g/mol. The first kappa shape index (κ1) is 31.3. The quantitative estimate of drug-likeness (QED) is 0.112. The molecule has 0 fully saturated rings. The number of rotatable bonds is 12. The molecule has 6 N–H and O–H groups in total. The van der Waals surface area contributed by atoms with Crippen LogP contribution in [0.3, 0.4) is 0 Å². The molecule has 0 spiro atoms. The van der Waals surface area contributed by atoms with E-state index in [-0.39, 0.29) is 25.4 Å². The maximum Gasteiger partial charge on any atom is 0.268 e. The Bertz CT molecular complexity index is 1060. The summed E-state index contributed by atoms with van der Waals surface area (Å²) in [6.45, 7) is 4.60. The summed E-state index contributed by atoms with van der Waals surface area (Å²) < 4.78 is 0. The molecule has 0 aliphatic rings. The Morgan fingerprint density at radius 2 is 1.51 bits per heavy atom. The molecular formula is C28H38N4O5. The van der Waals surface area contributed by atoms with E-state index in [9.17, 15) is 19.5 Å². The van der Waals surface area contributed by atoms with Crippen molar-refractivity contribution in [2.45, 2.75) is 59.1 Å².